The fourth-order valence-corrected chi connectivity index (χ4v) is 5.47. The first-order chi connectivity index (χ1) is 26.0. The molecule has 26 heteroatoms. The average Bonchev–Trinajstić information content (AvgIpc) is 3.07. The van der Waals surface area contributed by atoms with Crippen LogP contribution in [-0.4, -0.2) is 110 Å². The van der Waals surface area contributed by atoms with Crippen LogP contribution in [0.2, 0.25) is 0 Å². The van der Waals surface area contributed by atoms with Gasteiger partial charge >= 0.3 is 65.8 Å². The van der Waals surface area contributed by atoms with Crippen molar-refractivity contribution in [2.75, 3.05) is 26.4 Å². The normalized spacial score (nSPS) is 17.4. The molecule has 0 radical (unpaired) electrons. The zero-order valence-corrected chi connectivity index (χ0v) is 32.3. The highest BCUT2D eigenvalue weighted by Crippen LogP contribution is 2.60. The minimum Gasteiger partial charge on any atom is -0.465 e. The van der Waals surface area contributed by atoms with Crippen molar-refractivity contribution in [1.82, 2.24) is 0 Å². The van der Waals surface area contributed by atoms with Gasteiger partial charge in [0.25, 0.3) is 0 Å². The maximum absolute atomic E-state index is 14.3. The molecule has 0 bridgehead atoms. The third-order valence-corrected chi connectivity index (χ3v) is 9.18. The second-order valence-electron chi connectivity index (χ2n) is 14.9. The first-order valence-electron chi connectivity index (χ1n) is 17.2. The maximum Gasteiger partial charge on any atom is 0.460 e. The second-order valence-corrected chi connectivity index (χ2v) is 14.9. The Morgan fingerprint density at radius 3 is 1.36 bits per heavy atom. The van der Waals surface area contributed by atoms with E-state index in [0.717, 1.165) is 34.6 Å². The fourth-order valence-electron chi connectivity index (χ4n) is 5.47. The van der Waals surface area contributed by atoms with Crippen molar-refractivity contribution in [2.45, 2.75) is 147 Å². The van der Waals surface area contributed by atoms with Crippen LogP contribution in [0.15, 0.2) is 0 Å². The van der Waals surface area contributed by atoms with Gasteiger partial charge in [-0.15, -0.1) is 0 Å². The maximum atomic E-state index is 14.3. The van der Waals surface area contributed by atoms with Gasteiger partial charge in [0.15, 0.2) is 0 Å². The Labute approximate surface area is 325 Å². The molecule has 0 rings (SSSR count). The van der Waals surface area contributed by atoms with Gasteiger partial charge in [0, 0.05) is 0 Å². The lowest BCUT2D eigenvalue weighted by Crippen LogP contribution is -2.70. The van der Waals surface area contributed by atoms with E-state index in [-0.39, 0.29) is 0 Å². The van der Waals surface area contributed by atoms with Crippen molar-refractivity contribution in [3.8, 4) is 0 Å². The fraction of sp³-hybridized carbons (Fsp3) is 0.909. The van der Waals surface area contributed by atoms with E-state index in [9.17, 15) is 98.5 Å². The summed E-state index contributed by atoms with van der Waals surface area (Å²) in [5, 5.41) is 9.30. The van der Waals surface area contributed by atoms with Gasteiger partial charge in [-0.05, 0) is 60.3 Å². The number of ether oxygens (including phenoxy) is 4. The van der Waals surface area contributed by atoms with E-state index in [0.29, 0.717) is 6.42 Å². The number of rotatable bonds is 24. The molecule has 0 amide bonds. The Bertz CT molecular complexity index is 1410. The van der Waals surface area contributed by atoms with E-state index in [1.54, 1.807) is 6.92 Å². The van der Waals surface area contributed by atoms with E-state index in [4.69, 9.17) is 9.47 Å². The highest BCUT2D eigenvalue weighted by molar-refractivity contribution is 5.82. The van der Waals surface area contributed by atoms with Crippen LogP contribution >= 0.6 is 0 Å². The van der Waals surface area contributed by atoms with Crippen LogP contribution in [-0.2, 0) is 33.3 Å². The number of aliphatic hydroxyl groups is 1. The second kappa shape index (κ2) is 19.0. The van der Waals surface area contributed by atoms with Gasteiger partial charge in [-0.3, -0.25) is 14.4 Å². The van der Waals surface area contributed by atoms with E-state index in [1.165, 1.54) is 6.92 Å². The Kier molecular flexibility index (Phi) is 18.0. The number of carbonyl (C=O) groups excluding carboxylic acids is 3. The summed E-state index contributed by atoms with van der Waals surface area (Å²) < 4.78 is 260. The van der Waals surface area contributed by atoms with E-state index in [2.05, 4.69) is 9.47 Å². The van der Waals surface area contributed by atoms with Crippen LogP contribution in [0.1, 0.15) is 87.0 Å². The Morgan fingerprint density at radius 2 is 0.966 bits per heavy atom. The van der Waals surface area contributed by atoms with Gasteiger partial charge in [0.05, 0.1) is 61.1 Å². The van der Waals surface area contributed by atoms with Gasteiger partial charge in [0.1, 0.15) is 6.61 Å². The van der Waals surface area contributed by atoms with Crippen molar-refractivity contribution in [1.29, 1.82) is 0 Å². The number of carbonyl (C=O) groups is 3. The topological polar surface area (TPSA) is 108 Å². The molecule has 0 saturated carbocycles. The highest BCUT2D eigenvalue weighted by atomic mass is 19.4. The Morgan fingerprint density at radius 1 is 0.542 bits per heavy atom. The van der Waals surface area contributed by atoms with Crippen LogP contribution in [0.5, 0.6) is 0 Å². The molecule has 0 aromatic rings. The summed E-state index contributed by atoms with van der Waals surface area (Å²) in [5.41, 5.74) is -6.51. The largest absolute Gasteiger partial charge is 0.465 e. The van der Waals surface area contributed by atoms with Gasteiger partial charge in [0.2, 0.25) is 0 Å². The summed E-state index contributed by atoms with van der Waals surface area (Å²) >= 11 is 0. The summed E-state index contributed by atoms with van der Waals surface area (Å²) in [7, 11) is 0. The van der Waals surface area contributed by atoms with Crippen molar-refractivity contribution in [3.05, 3.63) is 0 Å². The zero-order chi connectivity index (χ0) is 47.3. The number of aliphatic hydroxyl groups excluding tert-OH is 1. The summed E-state index contributed by atoms with van der Waals surface area (Å²) in [6, 6.07) is 0. The molecule has 0 aliphatic rings. The zero-order valence-electron chi connectivity index (χ0n) is 32.3. The molecule has 0 spiro atoms. The third kappa shape index (κ3) is 12.6. The molecule has 0 aromatic heterocycles. The van der Waals surface area contributed by atoms with Gasteiger partial charge in [-0.1, -0.05) is 13.8 Å². The lowest BCUT2D eigenvalue weighted by Gasteiger charge is -2.40. The summed E-state index contributed by atoms with van der Waals surface area (Å²) in [6.45, 7) is 3.53. The van der Waals surface area contributed by atoms with Gasteiger partial charge in [-0.2, -0.15) is 79.0 Å². The molecule has 1 N–H and O–H groups in total. The highest BCUT2D eigenvalue weighted by Gasteiger charge is 2.90. The number of hydrogen-bond donors (Lipinski definition) is 1. The van der Waals surface area contributed by atoms with Crippen LogP contribution < -0.4 is 0 Å². The van der Waals surface area contributed by atoms with E-state index in [1.807, 2.05) is 0 Å². The van der Waals surface area contributed by atoms with Crippen LogP contribution in [0.25, 0.3) is 0 Å². The minimum absolute atomic E-state index is 0.338. The first kappa shape index (κ1) is 56.1. The lowest BCUT2D eigenvalue weighted by molar-refractivity contribution is -0.440. The number of esters is 3. The standard InChI is InChI=1S/C33H44F18O8/c1-8-19(14-52)59-18(3)15-58-20(53)23(4,5)16-25(7,22(55)57-13-11-27(36,37)32(46,47)48)17-24(6,9-2)21(54)56-12-10-26(34,35)28(38,39)29(40,41)30(42,43)31(44,45)33(49,50)51/h18-19,52H,8-17H2,1-7H3. The predicted molar refractivity (Wildman–Crippen MR) is 165 cm³/mol. The Hall–Kier alpha value is -2.93. The molecular weight excluding hydrogens is 866 g/mol. The van der Waals surface area contributed by atoms with Gasteiger partial charge in [-0.25, -0.2) is 0 Å². The van der Waals surface area contributed by atoms with Gasteiger partial charge < -0.3 is 24.1 Å². The van der Waals surface area contributed by atoms with Crippen molar-refractivity contribution < 1.29 is 117 Å². The molecule has 4 unspecified atom stereocenters. The average molecular weight is 911 g/mol. The minimum atomic E-state index is -8.17. The van der Waals surface area contributed by atoms with Crippen LogP contribution in [0.4, 0.5) is 79.0 Å². The molecule has 0 aromatic carbocycles. The molecular formula is C33H44F18O8. The quantitative estimate of drug-likeness (QED) is 0.0580. The molecule has 350 valence electrons. The lowest BCUT2D eigenvalue weighted by atomic mass is 9.65. The third-order valence-electron chi connectivity index (χ3n) is 9.18. The smallest absolute Gasteiger partial charge is 0.460 e. The summed E-state index contributed by atoms with van der Waals surface area (Å²) in [6.07, 6.45) is -22.4. The predicted octanol–water partition coefficient (Wildman–Crippen LogP) is 9.74. The monoisotopic (exact) mass is 910 g/mol. The van der Waals surface area contributed by atoms with E-state index >= 15 is 0 Å². The molecule has 8 nitrogen and oxygen atoms in total. The molecule has 0 heterocycles. The Balaban J connectivity index is 6.54. The first-order valence-corrected chi connectivity index (χ1v) is 17.2. The van der Waals surface area contributed by atoms with Crippen LogP contribution in [0, 0.1) is 16.2 Å². The molecule has 4 atom stereocenters. The van der Waals surface area contributed by atoms with Crippen LogP contribution in [0.3, 0.4) is 0 Å². The van der Waals surface area contributed by atoms with Crippen molar-refractivity contribution >= 4 is 17.9 Å². The van der Waals surface area contributed by atoms with Crippen molar-refractivity contribution in [2.24, 2.45) is 16.2 Å². The van der Waals surface area contributed by atoms with Crippen molar-refractivity contribution in [3.63, 3.8) is 0 Å². The number of hydrogen-bond acceptors (Lipinski definition) is 8. The summed E-state index contributed by atoms with van der Waals surface area (Å²) in [4.78, 5) is 39.7. The molecule has 0 saturated heterocycles. The number of alkyl halides is 18. The summed E-state index contributed by atoms with van der Waals surface area (Å²) in [5.74, 6) is -48.5. The van der Waals surface area contributed by atoms with E-state index < -0.39 is 153 Å². The molecule has 0 fully saturated rings. The molecule has 0 aliphatic heterocycles. The molecule has 0 aliphatic carbocycles. The molecule has 59 heavy (non-hydrogen) atoms. The SMILES string of the molecule is CCC(CO)OC(C)COC(=O)C(C)(C)CC(C)(CC(C)(CC)C(=O)OCCC(F)(F)C(F)(F)C(F)(F)C(F)(F)C(F)(F)C(F)(F)F)C(=O)OCCC(F)(F)C(F)(F)F. The number of halogens is 18.